The van der Waals surface area contributed by atoms with Crippen LogP contribution in [0.15, 0.2) is 23.9 Å². The summed E-state index contributed by atoms with van der Waals surface area (Å²) in [7, 11) is 0. The second kappa shape index (κ2) is 4.67. The smallest absolute Gasteiger partial charge is 0.310 e. The molecule has 72 valence electrons. The molecule has 0 aromatic rings. The Hall–Kier alpha value is -1.29. The van der Waals surface area contributed by atoms with Gasteiger partial charge in [-0.2, -0.15) is 0 Å². The van der Waals surface area contributed by atoms with Crippen molar-refractivity contribution in [2.45, 2.75) is 13.3 Å². The minimum Gasteiger partial charge on any atom is -0.758 e. The van der Waals surface area contributed by atoms with Crippen LogP contribution in [-0.2, 0) is 9.53 Å². The highest BCUT2D eigenvalue weighted by Gasteiger charge is 2.05. The molecule has 4 heteroatoms. The molecule has 0 saturated heterocycles. The molecule has 0 amide bonds. The zero-order valence-corrected chi connectivity index (χ0v) is 7.53. The zero-order valence-electron chi connectivity index (χ0n) is 7.53. The zero-order chi connectivity index (χ0) is 9.68. The molecule has 0 N–H and O–H groups in total. The van der Waals surface area contributed by atoms with Crippen LogP contribution in [0, 0.1) is 5.21 Å². The van der Waals surface area contributed by atoms with Crippen molar-refractivity contribution in [1.29, 1.82) is 0 Å². The maximum atomic E-state index is 11.0. The van der Waals surface area contributed by atoms with Crippen LogP contribution in [0.1, 0.15) is 13.3 Å². The van der Waals surface area contributed by atoms with Gasteiger partial charge in [0.05, 0.1) is 13.0 Å². The molecule has 0 aromatic carbocycles. The van der Waals surface area contributed by atoms with Gasteiger partial charge in [0, 0.05) is 6.54 Å². The number of ether oxygens (including phenoxy) is 1. The summed E-state index contributed by atoms with van der Waals surface area (Å²) in [6.07, 6.45) is 5.02. The average Bonchev–Trinajstić information content (AvgIpc) is 2.09. The first-order valence-corrected chi connectivity index (χ1v) is 4.19. The van der Waals surface area contributed by atoms with Gasteiger partial charge in [-0.15, -0.1) is 0 Å². The first-order valence-electron chi connectivity index (χ1n) is 4.19. The van der Waals surface area contributed by atoms with E-state index in [4.69, 9.17) is 4.74 Å². The minimum atomic E-state index is -0.252. The van der Waals surface area contributed by atoms with E-state index in [0.717, 1.165) is 10.6 Å². The third-order valence-electron chi connectivity index (χ3n) is 1.64. The fourth-order valence-electron chi connectivity index (χ4n) is 1.02. The summed E-state index contributed by atoms with van der Waals surface area (Å²) in [5.41, 5.74) is 0.838. The Bertz CT molecular complexity index is 245. The van der Waals surface area contributed by atoms with Crippen molar-refractivity contribution in [2.75, 3.05) is 13.2 Å². The minimum absolute atomic E-state index is 0.248. The van der Waals surface area contributed by atoms with Crippen LogP contribution in [0.25, 0.3) is 0 Å². The van der Waals surface area contributed by atoms with Gasteiger partial charge in [-0.3, -0.25) is 4.79 Å². The van der Waals surface area contributed by atoms with E-state index >= 15 is 0 Å². The molecule has 0 bridgehead atoms. The van der Waals surface area contributed by atoms with Crippen molar-refractivity contribution in [2.24, 2.45) is 0 Å². The van der Waals surface area contributed by atoms with E-state index < -0.39 is 0 Å². The largest absolute Gasteiger partial charge is 0.758 e. The van der Waals surface area contributed by atoms with E-state index in [1.165, 1.54) is 6.20 Å². The summed E-state index contributed by atoms with van der Waals surface area (Å²) in [5.74, 6) is -0.252. The topological polar surface area (TPSA) is 52.6 Å². The van der Waals surface area contributed by atoms with Gasteiger partial charge in [0.15, 0.2) is 0 Å². The number of hydrogen-bond acceptors (Lipinski definition) is 4. The summed E-state index contributed by atoms with van der Waals surface area (Å²) in [4.78, 5) is 11.0. The fourth-order valence-corrected chi connectivity index (χ4v) is 1.02. The van der Waals surface area contributed by atoms with Crippen molar-refractivity contribution in [3.05, 3.63) is 29.1 Å². The lowest BCUT2D eigenvalue weighted by Gasteiger charge is -2.27. The summed E-state index contributed by atoms with van der Waals surface area (Å²) >= 11 is 0. The number of nitrogens with zero attached hydrogens (tertiary/aromatic N) is 1. The number of carbonyl (C=O) groups is 1. The van der Waals surface area contributed by atoms with Crippen LogP contribution in [-0.4, -0.2) is 24.2 Å². The van der Waals surface area contributed by atoms with E-state index in [9.17, 15) is 10.0 Å². The van der Waals surface area contributed by atoms with Gasteiger partial charge in [0.1, 0.15) is 0 Å². The molecule has 0 aromatic heterocycles. The number of esters is 1. The van der Waals surface area contributed by atoms with Crippen LogP contribution in [0.2, 0.25) is 0 Å². The van der Waals surface area contributed by atoms with Crippen LogP contribution in [0.5, 0.6) is 0 Å². The molecule has 0 aliphatic carbocycles. The molecule has 1 aliphatic heterocycles. The second-order valence-electron chi connectivity index (χ2n) is 2.68. The van der Waals surface area contributed by atoms with Gasteiger partial charge >= 0.3 is 5.97 Å². The summed E-state index contributed by atoms with van der Waals surface area (Å²) in [6, 6.07) is 0. The second-order valence-corrected chi connectivity index (χ2v) is 2.68. The third-order valence-corrected chi connectivity index (χ3v) is 1.64. The Morgan fingerprint density at radius 1 is 1.77 bits per heavy atom. The Morgan fingerprint density at radius 3 is 3.08 bits per heavy atom. The van der Waals surface area contributed by atoms with Crippen LogP contribution < -0.4 is 0 Å². The molecule has 13 heavy (non-hydrogen) atoms. The maximum Gasteiger partial charge on any atom is 0.310 e. The quantitative estimate of drug-likeness (QED) is 0.615. The van der Waals surface area contributed by atoms with E-state index in [0.29, 0.717) is 13.2 Å². The number of rotatable bonds is 3. The highest BCUT2D eigenvalue weighted by atomic mass is 16.5. The third kappa shape index (κ3) is 3.29. The lowest BCUT2D eigenvalue weighted by molar-refractivity contribution is -0.142. The molecule has 0 atom stereocenters. The van der Waals surface area contributed by atoms with Crippen LogP contribution in [0.4, 0.5) is 0 Å². The molecule has 1 heterocycles. The molecule has 0 radical (unpaired) electrons. The van der Waals surface area contributed by atoms with Gasteiger partial charge in [-0.05, 0) is 24.8 Å². The van der Waals surface area contributed by atoms with Gasteiger partial charge in [0.25, 0.3) is 0 Å². The van der Waals surface area contributed by atoms with Gasteiger partial charge < -0.3 is 15.0 Å². The van der Waals surface area contributed by atoms with Crippen LogP contribution >= 0.6 is 0 Å². The molecule has 0 fully saturated rings. The Morgan fingerprint density at radius 2 is 2.54 bits per heavy atom. The SMILES string of the molecule is CCOC(=O)CC1=CCN([O-])C=C1. The molecule has 0 unspecified atom stereocenters. The number of allylic oxidation sites excluding steroid dienone is 1. The van der Waals surface area contributed by atoms with Gasteiger partial charge in [-0.1, -0.05) is 6.08 Å². The fraction of sp³-hybridized carbons (Fsp3) is 0.444. The molecular weight excluding hydrogens is 170 g/mol. The lowest BCUT2D eigenvalue weighted by atomic mass is 10.1. The highest BCUT2D eigenvalue weighted by Crippen LogP contribution is 2.10. The number of carbonyl (C=O) groups excluding carboxylic acids is 1. The van der Waals surface area contributed by atoms with Gasteiger partial charge in [0.2, 0.25) is 0 Å². The Labute approximate surface area is 77.1 Å². The monoisotopic (exact) mass is 182 g/mol. The summed E-state index contributed by atoms with van der Waals surface area (Å²) < 4.78 is 4.77. The van der Waals surface area contributed by atoms with Crippen molar-refractivity contribution < 1.29 is 9.53 Å². The normalized spacial score (nSPS) is 15.5. The van der Waals surface area contributed by atoms with E-state index in [-0.39, 0.29) is 12.4 Å². The number of hydrogen-bond donors (Lipinski definition) is 0. The highest BCUT2D eigenvalue weighted by molar-refractivity contribution is 5.73. The van der Waals surface area contributed by atoms with E-state index in [1.807, 2.05) is 0 Å². The first-order chi connectivity index (χ1) is 6.22. The summed E-state index contributed by atoms with van der Waals surface area (Å²) in [5, 5.41) is 11.5. The average molecular weight is 182 g/mol. The van der Waals surface area contributed by atoms with E-state index in [1.54, 1.807) is 19.1 Å². The predicted octanol–water partition coefficient (Wildman–Crippen LogP) is 1.19. The Balaban J connectivity index is 2.38. The van der Waals surface area contributed by atoms with Crippen molar-refractivity contribution >= 4 is 5.97 Å². The lowest BCUT2D eigenvalue weighted by Crippen LogP contribution is -2.13. The van der Waals surface area contributed by atoms with Gasteiger partial charge in [-0.25, -0.2) is 0 Å². The molecule has 4 nitrogen and oxygen atoms in total. The molecule has 0 saturated carbocycles. The molecular formula is C9H12NO3-. The van der Waals surface area contributed by atoms with E-state index in [2.05, 4.69) is 0 Å². The molecule has 0 spiro atoms. The molecule has 1 rings (SSSR count). The van der Waals surface area contributed by atoms with Crippen molar-refractivity contribution in [3.63, 3.8) is 0 Å². The summed E-state index contributed by atoms with van der Waals surface area (Å²) in [6.45, 7) is 2.47. The predicted molar refractivity (Wildman–Crippen MR) is 48.5 cm³/mol. The standard InChI is InChI=1S/C9H12NO3/c1-2-13-9(11)7-8-3-5-10(12)6-4-8/h3-5H,2,6-7H2,1H3/q-1. The first kappa shape index (κ1) is 9.80. The Kier molecular flexibility index (Phi) is 3.52. The maximum absolute atomic E-state index is 11.0. The number of hydroxylamine groups is 2. The molecule has 1 aliphatic rings. The van der Waals surface area contributed by atoms with Crippen molar-refractivity contribution in [1.82, 2.24) is 5.06 Å². The van der Waals surface area contributed by atoms with Crippen molar-refractivity contribution in [3.8, 4) is 0 Å². The van der Waals surface area contributed by atoms with Crippen LogP contribution in [0.3, 0.4) is 0 Å².